The lowest BCUT2D eigenvalue weighted by atomic mass is 10.1. The Labute approximate surface area is 76.6 Å². The van der Waals surface area contributed by atoms with E-state index in [0.717, 1.165) is 6.42 Å². The van der Waals surface area contributed by atoms with Crippen molar-refractivity contribution >= 4 is 5.78 Å². The molecule has 0 radical (unpaired) electrons. The van der Waals surface area contributed by atoms with Gasteiger partial charge >= 0.3 is 5.78 Å². The van der Waals surface area contributed by atoms with Crippen molar-refractivity contribution in [1.29, 1.82) is 0 Å². The van der Waals surface area contributed by atoms with Crippen LogP contribution in [0.2, 0.25) is 0 Å². The maximum Gasteiger partial charge on any atom is 0.303 e. The van der Waals surface area contributed by atoms with Crippen molar-refractivity contribution in [3.8, 4) is 0 Å². The normalized spacial score (nSPS) is 10.1. The molecule has 0 aromatic carbocycles. The number of carbonyl (C=O) groups is 1. The molecule has 0 aliphatic heterocycles. The topological polar surface area (TPSA) is 17.1 Å². The molecule has 12 heavy (non-hydrogen) atoms. The predicted molar refractivity (Wildman–Crippen MR) is 53.0 cm³/mol. The van der Waals surface area contributed by atoms with E-state index in [2.05, 4.69) is 13.8 Å². The van der Waals surface area contributed by atoms with E-state index in [9.17, 15) is 4.79 Å². The number of unbranched alkanes of at least 4 members (excludes halogenated alkanes) is 6. The highest BCUT2D eigenvalue weighted by atomic mass is 16.1. The van der Waals surface area contributed by atoms with Gasteiger partial charge in [0.05, 0.1) is 6.42 Å². The first-order valence-electron chi connectivity index (χ1n) is 5.12. The van der Waals surface area contributed by atoms with E-state index in [4.69, 9.17) is 0 Å². The Morgan fingerprint density at radius 1 is 1.00 bits per heavy atom. The molecule has 0 aliphatic carbocycles. The summed E-state index contributed by atoms with van der Waals surface area (Å²) in [6.07, 6.45) is 9.54. The largest absolute Gasteiger partial charge is 0.303 e. The van der Waals surface area contributed by atoms with Crippen molar-refractivity contribution in [3.05, 3.63) is 6.92 Å². The zero-order valence-corrected chi connectivity index (χ0v) is 8.27. The molecule has 1 heteroatoms. The lowest BCUT2D eigenvalue weighted by Crippen LogP contribution is -1.89. The molecule has 0 amide bonds. The van der Waals surface area contributed by atoms with Crippen molar-refractivity contribution in [2.24, 2.45) is 0 Å². The first kappa shape index (κ1) is 11.5. The van der Waals surface area contributed by atoms with Gasteiger partial charge in [0.25, 0.3) is 0 Å². The van der Waals surface area contributed by atoms with Gasteiger partial charge < -0.3 is 0 Å². The minimum Gasteiger partial charge on any atom is -0.244 e. The summed E-state index contributed by atoms with van der Waals surface area (Å²) in [6.45, 7) is 5.57. The second kappa shape index (κ2) is 8.63. The summed E-state index contributed by atoms with van der Waals surface area (Å²) >= 11 is 0. The third-order valence-electron chi connectivity index (χ3n) is 2.06. The van der Waals surface area contributed by atoms with Crippen molar-refractivity contribution in [2.75, 3.05) is 0 Å². The van der Waals surface area contributed by atoms with Crippen molar-refractivity contribution < 1.29 is 4.79 Å². The van der Waals surface area contributed by atoms with Crippen LogP contribution in [0.1, 0.15) is 58.3 Å². The van der Waals surface area contributed by atoms with E-state index >= 15 is 0 Å². The van der Waals surface area contributed by atoms with Crippen LogP contribution in [0.5, 0.6) is 0 Å². The zero-order chi connectivity index (χ0) is 9.23. The highest BCUT2D eigenvalue weighted by Crippen LogP contribution is 2.08. The SMILES string of the molecule is [CH2+]C(=O)CCCCCCCCC. The molecule has 0 atom stereocenters. The fourth-order valence-electron chi connectivity index (χ4n) is 1.28. The Hall–Kier alpha value is -0.460. The Morgan fingerprint density at radius 3 is 2.00 bits per heavy atom. The van der Waals surface area contributed by atoms with Crippen molar-refractivity contribution in [1.82, 2.24) is 0 Å². The highest BCUT2D eigenvalue weighted by molar-refractivity contribution is 5.82. The molecule has 0 unspecified atom stereocenters. The van der Waals surface area contributed by atoms with Gasteiger partial charge in [-0.15, -0.1) is 0 Å². The molecule has 0 bridgehead atoms. The molecule has 0 saturated heterocycles. The number of hydrogen-bond donors (Lipinski definition) is 0. The molecule has 0 spiro atoms. The third kappa shape index (κ3) is 9.54. The second-order valence-electron chi connectivity index (χ2n) is 3.41. The fraction of sp³-hybridized carbons (Fsp3) is 0.818. The van der Waals surface area contributed by atoms with Crippen molar-refractivity contribution in [2.45, 2.75) is 58.3 Å². The summed E-state index contributed by atoms with van der Waals surface area (Å²) in [4.78, 5) is 10.5. The minimum atomic E-state index is 0.0866. The molecule has 0 saturated carbocycles. The van der Waals surface area contributed by atoms with Gasteiger partial charge in [0, 0.05) is 0 Å². The first-order chi connectivity index (χ1) is 5.77. The molecule has 0 heterocycles. The second-order valence-corrected chi connectivity index (χ2v) is 3.41. The summed E-state index contributed by atoms with van der Waals surface area (Å²) in [5.74, 6) is 0.0866. The molecule has 0 fully saturated rings. The summed E-state index contributed by atoms with van der Waals surface area (Å²) < 4.78 is 0. The van der Waals surface area contributed by atoms with Crippen LogP contribution in [0.4, 0.5) is 0 Å². The Bertz CT molecular complexity index is 108. The molecule has 0 rings (SSSR count). The number of rotatable bonds is 8. The van der Waals surface area contributed by atoms with Crippen LogP contribution in [0.25, 0.3) is 0 Å². The predicted octanol–water partition coefficient (Wildman–Crippen LogP) is 3.53. The van der Waals surface area contributed by atoms with E-state index in [-0.39, 0.29) is 5.78 Å². The molecular formula is C11H21O+. The van der Waals surface area contributed by atoms with E-state index < -0.39 is 0 Å². The van der Waals surface area contributed by atoms with E-state index in [1.54, 1.807) is 0 Å². The quantitative estimate of drug-likeness (QED) is 0.401. The van der Waals surface area contributed by atoms with Crippen LogP contribution < -0.4 is 0 Å². The summed E-state index contributed by atoms with van der Waals surface area (Å²) in [7, 11) is 0. The average molecular weight is 169 g/mol. The van der Waals surface area contributed by atoms with Gasteiger partial charge in [-0.3, -0.25) is 0 Å². The van der Waals surface area contributed by atoms with Gasteiger partial charge in [-0.05, 0) is 6.42 Å². The van der Waals surface area contributed by atoms with Gasteiger partial charge in [0.15, 0.2) is 0 Å². The molecule has 0 aromatic rings. The van der Waals surface area contributed by atoms with E-state index in [0.29, 0.717) is 6.42 Å². The zero-order valence-electron chi connectivity index (χ0n) is 8.27. The highest BCUT2D eigenvalue weighted by Gasteiger charge is 1.99. The molecule has 0 N–H and O–H groups in total. The third-order valence-corrected chi connectivity index (χ3v) is 2.06. The van der Waals surface area contributed by atoms with Gasteiger partial charge in [-0.2, -0.15) is 0 Å². The number of hydrogen-bond acceptors (Lipinski definition) is 1. The number of ketones is 1. The molecular weight excluding hydrogens is 148 g/mol. The van der Waals surface area contributed by atoms with Crippen LogP contribution in [0, 0.1) is 6.92 Å². The van der Waals surface area contributed by atoms with Crippen LogP contribution in [-0.4, -0.2) is 5.78 Å². The van der Waals surface area contributed by atoms with E-state index in [1.165, 1.54) is 38.5 Å². The monoisotopic (exact) mass is 169 g/mol. The maximum atomic E-state index is 10.5. The van der Waals surface area contributed by atoms with Crippen LogP contribution in [0.3, 0.4) is 0 Å². The first-order valence-corrected chi connectivity index (χ1v) is 5.12. The fourth-order valence-corrected chi connectivity index (χ4v) is 1.28. The van der Waals surface area contributed by atoms with Crippen LogP contribution >= 0.6 is 0 Å². The van der Waals surface area contributed by atoms with Crippen LogP contribution in [0.15, 0.2) is 0 Å². The average Bonchev–Trinajstić information content (AvgIpc) is 2.02. The number of carbonyl (C=O) groups excluding carboxylic acids is 1. The summed E-state index contributed by atoms with van der Waals surface area (Å²) in [5, 5.41) is 0. The lowest BCUT2D eigenvalue weighted by Gasteiger charge is -1.97. The summed E-state index contributed by atoms with van der Waals surface area (Å²) in [6, 6.07) is 0. The van der Waals surface area contributed by atoms with E-state index in [1.807, 2.05) is 0 Å². The Morgan fingerprint density at radius 2 is 1.50 bits per heavy atom. The maximum absolute atomic E-state index is 10.5. The summed E-state index contributed by atoms with van der Waals surface area (Å²) in [5.41, 5.74) is 0. The van der Waals surface area contributed by atoms with Gasteiger partial charge in [0.1, 0.15) is 6.92 Å². The van der Waals surface area contributed by atoms with Gasteiger partial charge in [-0.25, -0.2) is 4.79 Å². The standard InChI is InChI=1S/C11H21O/c1-3-4-5-6-7-8-9-10-11(2)12/h2-10H2,1H3/q+1. The van der Waals surface area contributed by atoms with Gasteiger partial charge in [-0.1, -0.05) is 45.4 Å². The Balaban J connectivity index is 2.86. The molecule has 0 aliphatic rings. The molecule has 70 valence electrons. The van der Waals surface area contributed by atoms with Gasteiger partial charge in [0.2, 0.25) is 0 Å². The number of Topliss-reactive ketones (excluding diaryl/α,β-unsaturated/α-hetero) is 1. The van der Waals surface area contributed by atoms with Crippen LogP contribution in [-0.2, 0) is 4.79 Å². The molecule has 0 aromatic heterocycles. The Kier molecular flexibility index (Phi) is 8.30. The van der Waals surface area contributed by atoms with Crippen molar-refractivity contribution in [3.63, 3.8) is 0 Å². The molecule has 1 nitrogen and oxygen atoms in total. The lowest BCUT2D eigenvalue weighted by molar-refractivity contribution is -0.114. The minimum absolute atomic E-state index is 0.0866. The smallest absolute Gasteiger partial charge is 0.244 e.